The van der Waals surface area contributed by atoms with Gasteiger partial charge in [-0.05, 0) is 57.9 Å². The molecule has 1 aromatic carbocycles. The minimum atomic E-state index is -0.507. The number of hydrogen-bond donors (Lipinski definition) is 1. The minimum absolute atomic E-state index is 0.0510. The molecule has 1 aliphatic rings. The van der Waals surface area contributed by atoms with Gasteiger partial charge in [0.1, 0.15) is 0 Å². The summed E-state index contributed by atoms with van der Waals surface area (Å²) in [4.78, 5) is 14.5. The molecular formula is C19H27N3O. The van der Waals surface area contributed by atoms with Gasteiger partial charge >= 0.3 is 0 Å². The molecule has 4 heteroatoms. The lowest BCUT2D eigenvalue weighted by Gasteiger charge is -2.33. The van der Waals surface area contributed by atoms with Crippen molar-refractivity contribution in [1.82, 2.24) is 4.90 Å². The van der Waals surface area contributed by atoms with Crippen molar-refractivity contribution in [2.75, 3.05) is 18.4 Å². The first-order chi connectivity index (χ1) is 10.9. The molecule has 23 heavy (non-hydrogen) atoms. The van der Waals surface area contributed by atoms with E-state index >= 15 is 0 Å². The van der Waals surface area contributed by atoms with Crippen molar-refractivity contribution in [2.45, 2.75) is 57.9 Å². The molecule has 0 spiro atoms. The summed E-state index contributed by atoms with van der Waals surface area (Å²) < 4.78 is 0. The maximum Gasteiger partial charge on any atom is 0.225 e. The number of nitriles is 1. The Labute approximate surface area is 139 Å². The van der Waals surface area contributed by atoms with Crippen molar-refractivity contribution >= 4 is 11.6 Å². The highest BCUT2D eigenvalue weighted by molar-refractivity contribution is 5.90. The number of rotatable bonds is 5. The maximum absolute atomic E-state index is 12.1. The third-order valence-electron chi connectivity index (χ3n) is 4.74. The molecule has 0 unspecified atom stereocenters. The highest BCUT2D eigenvalue weighted by Crippen LogP contribution is 2.23. The number of amides is 1. The molecule has 1 fully saturated rings. The third-order valence-corrected chi connectivity index (χ3v) is 4.74. The fourth-order valence-electron chi connectivity index (χ4n) is 2.99. The van der Waals surface area contributed by atoms with E-state index in [1.165, 1.54) is 19.3 Å². The van der Waals surface area contributed by atoms with Gasteiger partial charge in [-0.15, -0.1) is 0 Å². The van der Waals surface area contributed by atoms with Gasteiger partial charge in [-0.3, -0.25) is 4.79 Å². The van der Waals surface area contributed by atoms with Crippen LogP contribution in [0, 0.1) is 11.3 Å². The molecule has 1 amide bonds. The number of piperidine rings is 1. The molecule has 1 heterocycles. The van der Waals surface area contributed by atoms with E-state index in [2.05, 4.69) is 23.2 Å². The fraction of sp³-hybridized carbons (Fsp3) is 0.579. The zero-order valence-corrected chi connectivity index (χ0v) is 14.4. The monoisotopic (exact) mass is 313 g/mol. The zero-order chi connectivity index (χ0) is 16.9. The van der Waals surface area contributed by atoms with E-state index < -0.39 is 5.41 Å². The molecule has 0 aromatic heterocycles. The Bertz CT molecular complexity index is 571. The molecule has 1 saturated heterocycles. The predicted molar refractivity (Wildman–Crippen MR) is 93.2 cm³/mol. The van der Waals surface area contributed by atoms with Gasteiger partial charge < -0.3 is 10.2 Å². The van der Waals surface area contributed by atoms with Crippen LogP contribution in [-0.4, -0.2) is 29.9 Å². The summed E-state index contributed by atoms with van der Waals surface area (Å²) in [5, 5.41) is 12.1. The average molecular weight is 313 g/mol. The van der Waals surface area contributed by atoms with E-state index in [9.17, 15) is 4.79 Å². The van der Waals surface area contributed by atoms with Crippen LogP contribution < -0.4 is 5.32 Å². The number of nitrogens with zero attached hydrogens (tertiary/aromatic N) is 2. The quantitative estimate of drug-likeness (QED) is 0.902. The van der Waals surface area contributed by atoms with E-state index in [1.807, 2.05) is 38.1 Å². The van der Waals surface area contributed by atoms with Crippen LogP contribution in [0.15, 0.2) is 24.3 Å². The normalized spacial score (nSPS) is 19.1. The number of benzene rings is 1. The van der Waals surface area contributed by atoms with Gasteiger partial charge in [0.15, 0.2) is 0 Å². The summed E-state index contributed by atoms with van der Waals surface area (Å²) in [5.74, 6) is 0.0510. The highest BCUT2D eigenvalue weighted by atomic mass is 16.1. The summed E-state index contributed by atoms with van der Waals surface area (Å²) in [6.07, 6.45) is 4.30. The van der Waals surface area contributed by atoms with E-state index in [1.54, 1.807) is 0 Å². The molecule has 124 valence electrons. The fourth-order valence-corrected chi connectivity index (χ4v) is 2.99. The summed E-state index contributed by atoms with van der Waals surface area (Å²) in [5.41, 5.74) is 1.24. The van der Waals surface area contributed by atoms with E-state index in [4.69, 9.17) is 5.26 Å². The molecule has 0 radical (unpaired) electrons. The largest absolute Gasteiger partial charge is 0.326 e. The van der Waals surface area contributed by atoms with Gasteiger partial charge in [0, 0.05) is 24.7 Å². The van der Waals surface area contributed by atoms with Crippen LogP contribution in [0.4, 0.5) is 5.69 Å². The Balaban J connectivity index is 1.84. The number of nitrogens with one attached hydrogen (secondary N) is 1. The average Bonchev–Trinajstić information content (AvgIpc) is 2.54. The standard InChI is InChI=1S/C19H27N3O/c1-15-6-4-5-12-22(15)13-11-18(23)21-17-9-7-16(8-10-17)19(2,3)14-20/h7-10,15H,4-6,11-13H2,1-3H3,(H,21,23)/t15-/m1/s1. The van der Waals surface area contributed by atoms with Crippen LogP contribution in [-0.2, 0) is 10.2 Å². The number of carbonyl (C=O) groups excluding carboxylic acids is 1. The molecular weight excluding hydrogens is 286 g/mol. The van der Waals surface area contributed by atoms with Crippen molar-refractivity contribution in [3.8, 4) is 6.07 Å². The van der Waals surface area contributed by atoms with Crippen LogP contribution in [0.2, 0.25) is 0 Å². The Morgan fingerprint density at radius 2 is 2.04 bits per heavy atom. The molecule has 1 N–H and O–H groups in total. The number of anilines is 1. The lowest BCUT2D eigenvalue weighted by Crippen LogP contribution is -2.39. The summed E-state index contributed by atoms with van der Waals surface area (Å²) in [7, 11) is 0. The highest BCUT2D eigenvalue weighted by Gasteiger charge is 2.20. The van der Waals surface area contributed by atoms with Gasteiger partial charge in [0.2, 0.25) is 5.91 Å². The number of carbonyl (C=O) groups is 1. The molecule has 1 aromatic rings. The topological polar surface area (TPSA) is 56.1 Å². The molecule has 0 saturated carbocycles. The van der Waals surface area contributed by atoms with Gasteiger partial charge in [0.25, 0.3) is 0 Å². The van der Waals surface area contributed by atoms with E-state index in [0.29, 0.717) is 12.5 Å². The van der Waals surface area contributed by atoms with E-state index in [0.717, 1.165) is 24.3 Å². The molecule has 0 aliphatic carbocycles. The second kappa shape index (κ2) is 7.61. The second-order valence-electron chi connectivity index (χ2n) is 6.99. The lowest BCUT2D eigenvalue weighted by atomic mass is 9.86. The van der Waals surface area contributed by atoms with Gasteiger partial charge in [-0.2, -0.15) is 5.26 Å². The molecule has 0 bridgehead atoms. The first-order valence-corrected chi connectivity index (χ1v) is 8.48. The van der Waals surface area contributed by atoms with Gasteiger partial charge in [0.05, 0.1) is 11.5 Å². The zero-order valence-electron chi connectivity index (χ0n) is 14.4. The Kier molecular flexibility index (Phi) is 5.79. The van der Waals surface area contributed by atoms with Crippen LogP contribution in [0.3, 0.4) is 0 Å². The number of hydrogen-bond acceptors (Lipinski definition) is 3. The first kappa shape index (κ1) is 17.5. The Morgan fingerprint density at radius 3 is 2.65 bits per heavy atom. The van der Waals surface area contributed by atoms with Crippen LogP contribution >= 0.6 is 0 Å². The van der Waals surface area contributed by atoms with Crippen LogP contribution in [0.1, 0.15) is 52.0 Å². The summed E-state index contributed by atoms with van der Waals surface area (Å²) >= 11 is 0. The molecule has 1 aliphatic heterocycles. The first-order valence-electron chi connectivity index (χ1n) is 8.48. The van der Waals surface area contributed by atoms with Crippen molar-refractivity contribution in [3.63, 3.8) is 0 Å². The predicted octanol–water partition coefficient (Wildman–Crippen LogP) is 3.69. The SMILES string of the molecule is C[C@@H]1CCCCN1CCC(=O)Nc1ccc(C(C)(C)C#N)cc1. The molecule has 4 nitrogen and oxygen atoms in total. The minimum Gasteiger partial charge on any atom is -0.326 e. The van der Waals surface area contributed by atoms with Crippen LogP contribution in [0.25, 0.3) is 0 Å². The summed E-state index contributed by atoms with van der Waals surface area (Å²) in [6.45, 7) is 7.95. The van der Waals surface area contributed by atoms with Crippen molar-refractivity contribution < 1.29 is 4.79 Å². The maximum atomic E-state index is 12.1. The second-order valence-corrected chi connectivity index (χ2v) is 6.99. The Hall–Kier alpha value is -1.86. The van der Waals surface area contributed by atoms with Gasteiger partial charge in [-0.25, -0.2) is 0 Å². The molecule has 2 rings (SSSR count). The summed E-state index contributed by atoms with van der Waals surface area (Å²) in [6, 6.07) is 10.4. The van der Waals surface area contributed by atoms with Crippen molar-refractivity contribution in [1.29, 1.82) is 5.26 Å². The van der Waals surface area contributed by atoms with Gasteiger partial charge in [-0.1, -0.05) is 18.6 Å². The van der Waals surface area contributed by atoms with Crippen molar-refractivity contribution in [2.24, 2.45) is 0 Å². The van der Waals surface area contributed by atoms with Crippen molar-refractivity contribution in [3.05, 3.63) is 29.8 Å². The Morgan fingerprint density at radius 1 is 1.35 bits per heavy atom. The van der Waals surface area contributed by atoms with Crippen LogP contribution in [0.5, 0.6) is 0 Å². The third kappa shape index (κ3) is 4.80. The number of likely N-dealkylation sites (tertiary alicyclic amines) is 1. The lowest BCUT2D eigenvalue weighted by molar-refractivity contribution is -0.116. The molecule has 1 atom stereocenters. The van der Waals surface area contributed by atoms with E-state index in [-0.39, 0.29) is 5.91 Å². The smallest absolute Gasteiger partial charge is 0.225 e.